The summed E-state index contributed by atoms with van der Waals surface area (Å²) < 4.78 is 10.7. The predicted molar refractivity (Wildman–Crippen MR) is 66.6 cm³/mol. The van der Waals surface area contributed by atoms with Gasteiger partial charge in [-0.2, -0.15) is 4.98 Å². The summed E-state index contributed by atoms with van der Waals surface area (Å²) in [6.07, 6.45) is 4.74. The van der Waals surface area contributed by atoms with Crippen LogP contribution in [0.2, 0.25) is 0 Å². The normalized spacial score (nSPS) is 20.8. The second-order valence-corrected chi connectivity index (χ2v) is 4.30. The Hall–Kier alpha value is -1.66. The van der Waals surface area contributed by atoms with Gasteiger partial charge in [0.25, 0.3) is 0 Å². The summed E-state index contributed by atoms with van der Waals surface area (Å²) in [6, 6.07) is 0.554. The zero-order valence-electron chi connectivity index (χ0n) is 10.3. The van der Waals surface area contributed by atoms with E-state index in [0.717, 1.165) is 36.2 Å². The summed E-state index contributed by atoms with van der Waals surface area (Å²) >= 11 is 0. The van der Waals surface area contributed by atoms with E-state index < -0.39 is 0 Å². The summed E-state index contributed by atoms with van der Waals surface area (Å²) in [6.45, 7) is 2.43. The van der Waals surface area contributed by atoms with Gasteiger partial charge in [0.2, 0.25) is 0 Å². The highest BCUT2D eigenvalue weighted by Crippen LogP contribution is 2.24. The van der Waals surface area contributed by atoms with Crippen LogP contribution in [0.3, 0.4) is 0 Å². The van der Waals surface area contributed by atoms with E-state index in [1.54, 1.807) is 13.3 Å². The average molecular weight is 248 g/mol. The van der Waals surface area contributed by atoms with E-state index in [1.165, 1.54) is 0 Å². The number of aromatic amines is 1. The summed E-state index contributed by atoms with van der Waals surface area (Å²) in [5.41, 5.74) is 2.91. The third kappa shape index (κ3) is 2.04. The number of ether oxygens (including phenoxy) is 2. The fourth-order valence-corrected chi connectivity index (χ4v) is 2.19. The maximum absolute atomic E-state index is 5.59. The number of nitrogens with zero attached hydrogens (tertiary/aromatic N) is 2. The van der Waals surface area contributed by atoms with Gasteiger partial charge in [-0.3, -0.25) is 0 Å². The monoisotopic (exact) mass is 248 g/mol. The largest absolute Gasteiger partial charge is 0.467 e. The molecular weight excluding hydrogens is 232 g/mol. The van der Waals surface area contributed by atoms with Crippen LogP contribution >= 0.6 is 0 Å². The van der Waals surface area contributed by atoms with Crippen molar-refractivity contribution in [3.05, 3.63) is 18.0 Å². The highest BCUT2D eigenvalue weighted by Gasteiger charge is 2.19. The van der Waals surface area contributed by atoms with Crippen molar-refractivity contribution < 1.29 is 9.47 Å². The van der Waals surface area contributed by atoms with Gasteiger partial charge in [0.05, 0.1) is 31.5 Å². The van der Waals surface area contributed by atoms with Crippen molar-refractivity contribution in [2.24, 2.45) is 0 Å². The van der Waals surface area contributed by atoms with Gasteiger partial charge in [-0.15, -0.1) is 0 Å². The van der Waals surface area contributed by atoms with Gasteiger partial charge in [0, 0.05) is 18.4 Å². The Morgan fingerprint density at radius 1 is 1.50 bits per heavy atom. The minimum absolute atomic E-state index is 0.167. The van der Waals surface area contributed by atoms with Crippen LogP contribution in [0, 0.1) is 0 Å². The van der Waals surface area contributed by atoms with Gasteiger partial charge >= 0.3 is 6.01 Å². The minimum atomic E-state index is 0.167. The van der Waals surface area contributed by atoms with Crippen molar-refractivity contribution in [1.82, 2.24) is 20.3 Å². The SMILES string of the molecule is COc1ncc2[nH]cc(C3COCCCN3)c2n1. The number of methoxy groups -OCH3 is 1. The lowest BCUT2D eigenvalue weighted by molar-refractivity contribution is 0.132. The Kier molecular flexibility index (Phi) is 3.12. The number of nitrogens with one attached hydrogen (secondary N) is 2. The molecule has 1 unspecified atom stereocenters. The highest BCUT2D eigenvalue weighted by atomic mass is 16.5. The average Bonchev–Trinajstić information content (AvgIpc) is 2.64. The van der Waals surface area contributed by atoms with E-state index in [4.69, 9.17) is 9.47 Å². The van der Waals surface area contributed by atoms with Crippen molar-refractivity contribution in [3.8, 4) is 6.01 Å². The van der Waals surface area contributed by atoms with Gasteiger partial charge in [0.1, 0.15) is 5.52 Å². The number of rotatable bonds is 2. The van der Waals surface area contributed by atoms with Crippen molar-refractivity contribution in [2.75, 3.05) is 26.9 Å². The Balaban J connectivity index is 1.99. The lowest BCUT2D eigenvalue weighted by Crippen LogP contribution is -2.23. The molecule has 0 amide bonds. The molecule has 2 aromatic rings. The van der Waals surface area contributed by atoms with Gasteiger partial charge in [-0.1, -0.05) is 0 Å². The number of hydrogen-bond donors (Lipinski definition) is 2. The molecular formula is C12H16N4O2. The lowest BCUT2D eigenvalue weighted by Gasteiger charge is -2.13. The van der Waals surface area contributed by atoms with E-state index >= 15 is 0 Å². The number of H-pyrrole nitrogens is 1. The second-order valence-electron chi connectivity index (χ2n) is 4.30. The third-order valence-electron chi connectivity index (χ3n) is 3.12. The van der Waals surface area contributed by atoms with Crippen LogP contribution in [0.5, 0.6) is 6.01 Å². The van der Waals surface area contributed by atoms with Crippen LogP contribution in [0.25, 0.3) is 11.0 Å². The predicted octanol–water partition coefficient (Wildman–Crippen LogP) is 1.02. The third-order valence-corrected chi connectivity index (χ3v) is 3.12. The molecule has 1 saturated heterocycles. The van der Waals surface area contributed by atoms with Crippen molar-refractivity contribution in [2.45, 2.75) is 12.5 Å². The van der Waals surface area contributed by atoms with E-state index in [1.807, 2.05) is 6.20 Å². The molecule has 96 valence electrons. The highest BCUT2D eigenvalue weighted by molar-refractivity contribution is 5.78. The van der Waals surface area contributed by atoms with E-state index in [9.17, 15) is 0 Å². The van der Waals surface area contributed by atoms with Crippen LogP contribution in [-0.4, -0.2) is 41.8 Å². The Bertz CT molecular complexity index is 532. The molecule has 1 aliphatic rings. The number of hydrogen-bond acceptors (Lipinski definition) is 5. The summed E-state index contributed by atoms with van der Waals surface area (Å²) in [5.74, 6) is 0. The molecule has 0 aliphatic carbocycles. The first-order valence-corrected chi connectivity index (χ1v) is 6.07. The molecule has 0 radical (unpaired) electrons. The first-order valence-electron chi connectivity index (χ1n) is 6.07. The Morgan fingerprint density at radius 2 is 2.44 bits per heavy atom. The molecule has 3 rings (SSSR count). The van der Waals surface area contributed by atoms with Crippen LogP contribution < -0.4 is 10.1 Å². The van der Waals surface area contributed by atoms with Crippen LogP contribution in [0.4, 0.5) is 0 Å². The smallest absolute Gasteiger partial charge is 0.316 e. The van der Waals surface area contributed by atoms with Crippen molar-refractivity contribution in [1.29, 1.82) is 0 Å². The molecule has 18 heavy (non-hydrogen) atoms. The Morgan fingerprint density at radius 3 is 3.33 bits per heavy atom. The molecule has 2 aromatic heterocycles. The van der Waals surface area contributed by atoms with Gasteiger partial charge in [-0.05, 0) is 13.0 Å². The van der Waals surface area contributed by atoms with Gasteiger partial charge in [0.15, 0.2) is 0 Å². The van der Waals surface area contributed by atoms with Crippen molar-refractivity contribution >= 4 is 11.0 Å². The summed E-state index contributed by atoms with van der Waals surface area (Å²) in [7, 11) is 1.57. The lowest BCUT2D eigenvalue weighted by atomic mass is 10.1. The zero-order valence-corrected chi connectivity index (χ0v) is 10.3. The zero-order chi connectivity index (χ0) is 12.4. The first kappa shape index (κ1) is 11.4. The fraction of sp³-hybridized carbons (Fsp3) is 0.500. The standard InChI is InChI=1S/C12H16N4O2/c1-17-12-15-6-9-11(16-12)8(5-14-9)10-7-18-4-2-3-13-10/h5-6,10,13-14H,2-4,7H2,1H3. The summed E-state index contributed by atoms with van der Waals surface area (Å²) in [5, 5.41) is 3.47. The molecule has 0 aromatic carbocycles. The van der Waals surface area contributed by atoms with Crippen LogP contribution in [0.1, 0.15) is 18.0 Å². The molecule has 2 N–H and O–H groups in total. The molecule has 0 spiro atoms. The maximum atomic E-state index is 5.59. The van der Waals surface area contributed by atoms with E-state index in [0.29, 0.717) is 12.6 Å². The van der Waals surface area contributed by atoms with Crippen molar-refractivity contribution in [3.63, 3.8) is 0 Å². The maximum Gasteiger partial charge on any atom is 0.316 e. The Labute approximate surface area is 105 Å². The molecule has 6 heteroatoms. The van der Waals surface area contributed by atoms with Crippen LogP contribution in [0.15, 0.2) is 12.4 Å². The first-order chi connectivity index (χ1) is 8.88. The second kappa shape index (κ2) is 4.91. The molecule has 1 atom stereocenters. The van der Waals surface area contributed by atoms with Gasteiger partial charge < -0.3 is 19.8 Å². The molecule has 0 bridgehead atoms. The molecule has 6 nitrogen and oxygen atoms in total. The molecule has 0 saturated carbocycles. The molecule has 1 fully saturated rings. The van der Waals surface area contributed by atoms with Crippen LogP contribution in [-0.2, 0) is 4.74 Å². The summed E-state index contributed by atoms with van der Waals surface area (Å²) in [4.78, 5) is 11.7. The molecule has 3 heterocycles. The number of fused-ring (bicyclic) bond motifs is 1. The number of aromatic nitrogens is 3. The quantitative estimate of drug-likeness (QED) is 0.830. The van der Waals surface area contributed by atoms with Gasteiger partial charge in [-0.25, -0.2) is 4.98 Å². The fourth-order valence-electron chi connectivity index (χ4n) is 2.19. The topological polar surface area (TPSA) is 72.1 Å². The minimum Gasteiger partial charge on any atom is -0.467 e. The molecule has 1 aliphatic heterocycles. The van der Waals surface area contributed by atoms with E-state index in [2.05, 4.69) is 20.3 Å². The van der Waals surface area contributed by atoms with E-state index in [-0.39, 0.29) is 6.04 Å².